The van der Waals surface area contributed by atoms with Crippen LogP contribution < -0.4 is 0 Å². The van der Waals surface area contributed by atoms with Gasteiger partial charge in [0.2, 0.25) is 0 Å². The van der Waals surface area contributed by atoms with Gasteiger partial charge in [0.15, 0.2) is 0 Å². The van der Waals surface area contributed by atoms with E-state index in [0.29, 0.717) is 24.3 Å². The number of allylic oxidation sites excluding steroid dienone is 2. The summed E-state index contributed by atoms with van der Waals surface area (Å²) in [7, 11) is 0. The van der Waals surface area contributed by atoms with Crippen LogP contribution in [0.25, 0.3) is 0 Å². The van der Waals surface area contributed by atoms with E-state index in [9.17, 15) is 10.2 Å². The lowest BCUT2D eigenvalue weighted by Gasteiger charge is -2.30. The zero-order chi connectivity index (χ0) is 18.8. The fourth-order valence-electron chi connectivity index (χ4n) is 3.33. The summed E-state index contributed by atoms with van der Waals surface area (Å²) in [6.07, 6.45) is 4.99. The fourth-order valence-corrected chi connectivity index (χ4v) is 3.33. The molecule has 0 aliphatic carbocycles. The van der Waals surface area contributed by atoms with Crippen LogP contribution in [0, 0.1) is 13.8 Å². The molecule has 0 aliphatic rings. The molecule has 0 heterocycles. The van der Waals surface area contributed by atoms with Crippen molar-refractivity contribution in [3.8, 4) is 11.5 Å². The molecule has 0 saturated carbocycles. The van der Waals surface area contributed by atoms with Crippen molar-refractivity contribution in [1.29, 1.82) is 0 Å². The maximum atomic E-state index is 10.3. The maximum absolute atomic E-state index is 10.3. The van der Waals surface area contributed by atoms with Crippen LogP contribution in [0.2, 0.25) is 0 Å². The molecule has 0 fully saturated rings. The summed E-state index contributed by atoms with van der Waals surface area (Å²) in [4.78, 5) is 0. The summed E-state index contributed by atoms with van der Waals surface area (Å²) in [5.41, 5.74) is 5.71. The quantitative estimate of drug-likeness (QED) is 0.684. The number of aromatic hydroxyl groups is 2. The summed E-state index contributed by atoms with van der Waals surface area (Å²) >= 11 is 0. The van der Waals surface area contributed by atoms with Gasteiger partial charge in [-0.25, -0.2) is 0 Å². The molecule has 0 atom stereocenters. The molecular weight excluding hydrogens is 308 g/mol. The normalized spacial score (nSPS) is 11.4. The molecule has 132 valence electrons. The first-order valence-electron chi connectivity index (χ1n) is 8.60. The first-order chi connectivity index (χ1) is 11.7. The molecule has 0 aromatic heterocycles. The fraction of sp³-hybridized carbons (Fsp3) is 0.304. The van der Waals surface area contributed by atoms with Crippen molar-refractivity contribution in [3.05, 3.63) is 83.0 Å². The van der Waals surface area contributed by atoms with E-state index < -0.39 is 0 Å². The maximum Gasteiger partial charge on any atom is 0.122 e. The standard InChI is InChI=1S/C23H28O2/c1-7-9-17-14-21(24)15(3)12-20(17)23(5,6)19-11-16(4)22(25)18(13-19)10-8-2/h7-8,11-14,24-25H,1-2,9-10H2,3-6H3. The van der Waals surface area contributed by atoms with E-state index in [2.05, 4.69) is 39.1 Å². The predicted molar refractivity (Wildman–Crippen MR) is 106 cm³/mol. The van der Waals surface area contributed by atoms with E-state index in [0.717, 1.165) is 33.4 Å². The van der Waals surface area contributed by atoms with Gasteiger partial charge in [0.1, 0.15) is 11.5 Å². The highest BCUT2D eigenvalue weighted by molar-refractivity contribution is 5.53. The summed E-state index contributed by atoms with van der Waals surface area (Å²) < 4.78 is 0. The van der Waals surface area contributed by atoms with Gasteiger partial charge in [-0.1, -0.05) is 44.2 Å². The van der Waals surface area contributed by atoms with Crippen LogP contribution in [0.15, 0.2) is 49.6 Å². The Morgan fingerprint density at radius 3 is 2.08 bits per heavy atom. The largest absolute Gasteiger partial charge is 0.508 e. The van der Waals surface area contributed by atoms with Crippen molar-refractivity contribution in [2.45, 2.75) is 46.0 Å². The Balaban J connectivity index is 2.68. The Morgan fingerprint density at radius 2 is 1.48 bits per heavy atom. The third kappa shape index (κ3) is 3.63. The van der Waals surface area contributed by atoms with Crippen molar-refractivity contribution < 1.29 is 10.2 Å². The Morgan fingerprint density at radius 1 is 0.880 bits per heavy atom. The van der Waals surface area contributed by atoms with Gasteiger partial charge in [-0.15, -0.1) is 13.2 Å². The van der Waals surface area contributed by atoms with Crippen LogP contribution in [0.5, 0.6) is 11.5 Å². The van der Waals surface area contributed by atoms with Crippen molar-refractivity contribution >= 4 is 0 Å². The van der Waals surface area contributed by atoms with E-state index >= 15 is 0 Å². The molecule has 2 rings (SSSR count). The highest BCUT2D eigenvalue weighted by Crippen LogP contribution is 2.39. The SMILES string of the molecule is C=CCc1cc(O)c(C)cc1C(C)(C)c1cc(C)c(O)c(CC=C)c1. The van der Waals surface area contributed by atoms with Crippen molar-refractivity contribution in [3.63, 3.8) is 0 Å². The number of aryl methyl sites for hydroxylation is 2. The zero-order valence-corrected chi connectivity index (χ0v) is 15.7. The Hall–Kier alpha value is -2.48. The average molecular weight is 336 g/mol. The number of hydrogen-bond acceptors (Lipinski definition) is 2. The molecule has 2 nitrogen and oxygen atoms in total. The van der Waals surface area contributed by atoms with Crippen molar-refractivity contribution in [2.24, 2.45) is 0 Å². The van der Waals surface area contributed by atoms with Crippen LogP contribution in [-0.4, -0.2) is 10.2 Å². The van der Waals surface area contributed by atoms with Gasteiger partial charge in [-0.3, -0.25) is 0 Å². The molecule has 2 heteroatoms. The molecule has 0 radical (unpaired) electrons. The lowest BCUT2D eigenvalue weighted by Crippen LogP contribution is -2.22. The van der Waals surface area contributed by atoms with E-state index in [1.54, 1.807) is 6.08 Å². The van der Waals surface area contributed by atoms with Gasteiger partial charge < -0.3 is 10.2 Å². The van der Waals surface area contributed by atoms with Crippen LogP contribution in [0.3, 0.4) is 0 Å². The number of hydrogen-bond donors (Lipinski definition) is 2. The molecule has 0 unspecified atom stereocenters. The minimum Gasteiger partial charge on any atom is -0.508 e. The Kier molecular flexibility index (Phi) is 5.42. The van der Waals surface area contributed by atoms with Crippen LogP contribution >= 0.6 is 0 Å². The second-order valence-electron chi connectivity index (χ2n) is 7.21. The third-order valence-corrected chi connectivity index (χ3v) is 4.92. The highest BCUT2D eigenvalue weighted by atomic mass is 16.3. The molecule has 0 spiro atoms. The minimum absolute atomic E-state index is 0.273. The predicted octanol–water partition coefficient (Wildman–Crippen LogP) is 5.50. The highest BCUT2D eigenvalue weighted by Gasteiger charge is 2.28. The first-order valence-corrected chi connectivity index (χ1v) is 8.60. The molecule has 2 aromatic rings. The molecule has 2 aromatic carbocycles. The second kappa shape index (κ2) is 7.18. The Labute approximate surface area is 151 Å². The van der Waals surface area contributed by atoms with Crippen LogP contribution in [0.1, 0.15) is 47.2 Å². The molecule has 0 aliphatic heterocycles. The smallest absolute Gasteiger partial charge is 0.122 e. The van der Waals surface area contributed by atoms with Gasteiger partial charge in [0.05, 0.1) is 0 Å². The van der Waals surface area contributed by atoms with Gasteiger partial charge in [-0.2, -0.15) is 0 Å². The van der Waals surface area contributed by atoms with Crippen LogP contribution in [-0.2, 0) is 18.3 Å². The number of benzene rings is 2. The lowest BCUT2D eigenvalue weighted by molar-refractivity contribution is 0.464. The summed E-state index contributed by atoms with van der Waals surface area (Å²) in [6.45, 7) is 15.8. The number of rotatable bonds is 6. The van der Waals surface area contributed by atoms with Crippen molar-refractivity contribution in [1.82, 2.24) is 0 Å². The average Bonchev–Trinajstić information content (AvgIpc) is 2.55. The number of phenolic OH excluding ortho intramolecular Hbond substituents is 2. The van der Waals surface area contributed by atoms with Gasteiger partial charge in [-0.05, 0) is 66.1 Å². The van der Waals surface area contributed by atoms with Gasteiger partial charge in [0.25, 0.3) is 0 Å². The third-order valence-electron chi connectivity index (χ3n) is 4.92. The molecule has 2 N–H and O–H groups in total. The van der Waals surface area contributed by atoms with E-state index in [1.807, 2.05) is 32.1 Å². The van der Waals surface area contributed by atoms with Gasteiger partial charge in [0, 0.05) is 5.41 Å². The molecule has 0 saturated heterocycles. The molecule has 0 amide bonds. The zero-order valence-electron chi connectivity index (χ0n) is 15.7. The molecule has 0 bridgehead atoms. The molecule has 25 heavy (non-hydrogen) atoms. The topological polar surface area (TPSA) is 40.5 Å². The molecular formula is C23H28O2. The van der Waals surface area contributed by atoms with E-state index in [4.69, 9.17) is 0 Å². The number of phenols is 2. The summed E-state index contributed by atoms with van der Waals surface area (Å²) in [5, 5.41) is 20.4. The van der Waals surface area contributed by atoms with Crippen LogP contribution in [0.4, 0.5) is 0 Å². The van der Waals surface area contributed by atoms with Gasteiger partial charge >= 0.3 is 0 Å². The monoisotopic (exact) mass is 336 g/mol. The van der Waals surface area contributed by atoms with E-state index in [1.165, 1.54) is 0 Å². The minimum atomic E-state index is -0.273. The van der Waals surface area contributed by atoms with Crippen molar-refractivity contribution in [2.75, 3.05) is 0 Å². The second-order valence-corrected chi connectivity index (χ2v) is 7.21. The Bertz CT molecular complexity index is 813. The van der Waals surface area contributed by atoms with E-state index in [-0.39, 0.29) is 5.41 Å². The first kappa shape index (κ1) is 18.9. The summed E-state index contributed by atoms with van der Waals surface area (Å²) in [6, 6.07) is 8.00. The summed E-state index contributed by atoms with van der Waals surface area (Å²) in [5.74, 6) is 0.651. The lowest BCUT2D eigenvalue weighted by atomic mass is 9.74.